The van der Waals surface area contributed by atoms with Gasteiger partial charge in [0.2, 0.25) is 5.88 Å². The predicted octanol–water partition coefficient (Wildman–Crippen LogP) is 1.12. The fourth-order valence-electron chi connectivity index (χ4n) is 3.12. The number of hydrogen-bond acceptors (Lipinski definition) is 5. The summed E-state index contributed by atoms with van der Waals surface area (Å²) in [6, 6.07) is 6.86. The minimum absolute atomic E-state index is 0.182. The van der Waals surface area contributed by atoms with Crippen molar-refractivity contribution in [2.45, 2.75) is 0 Å². The van der Waals surface area contributed by atoms with Crippen LogP contribution in [0.5, 0.6) is 5.88 Å². The van der Waals surface area contributed by atoms with Gasteiger partial charge in [-0.05, 0) is 12.1 Å². The lowest BCUT2D eigenvalue weighted by Crippen LogP contribution is -2.48. The van der Waals surface area contributed by atoms with E-state index in [1.54, 1.807) is 24.0 Å². The maximum absolute atomic E-state index is 13.9. The van der Waals surface area contributed by atoms with Crippen LogP contribution in [0.15, 0.2) is 30.5 Å². The Balaban J connectivity index is 1.44. The molecule has 7 nitrogen and oxygen atoms in total. The van der Waals surface area contributed by atoms with Gasteiger partial charge in [0.05, 0.1) is 12.8 Å². The monoisotopic (exact) mass is 361 g/mol. The van der Waals surface area contributed by atoms with Gasteiger partial charge in [-0.2, -0.15) is 0 Å². The van der Waals surface area contributed by atoms with E-state index in [9.17, 15) is 9.18 Å². The number of rotatable bonds is 6. The summed E-state index contributed by atoms with van der Waals surface area (Å²) in [4.78, 5) is 16.6. The van der Waals surface area contributed by atoms with Crippen molar-refractivity contribution in [1.82, 2.24) is 20.0 Å². The Morgan fingerprint density at radius 3 is 2.69 bits per heavy atom. The third-order valence-corrected chi connectivity index (χ3v) is 4.51. The molecule has 0 unspecified atom stereocenters. The summed E-state index contributed by atoms with van der Waals surface area (Å²) in [5.74, 6) is -0.0536. The molecular weight excluding hydrogens is 337 g/mol. The van der Waals surface area contributed by atoms with Gasteiger partial charge in [0.25, 0.3) is 5.91 Å². The van der Waals surface area contributed by atoms with Gasteiger partial charge in [-0.15, -0.1) is 5.10 Å². The van der Waals surface area contributed by atoms with Gasteiger partial charge in [0, 0.05) is 52.5 Å². The highest BCUT2D eigenvalue weighted by molar-refractivity contribution is 5.96. The molecule has 0 spiro atoms. The Morgan fingerprint density at radius 2 is 2.00 bits per heavy atom. The SMILES string of the molecule is COc1nn(C)cc1C(=O)NCCN1CCN(c2ccccc2F)CC1. The van der Waals surface area contributed by atoms with Crippen LogP contribution < -0.4 is 15.0 Å². The minimum Gasteiger partial charge on any atom is -0.479 e. The average Bonchev–Trinajstić information content (AvgIpc) is 3.04. The number of para-hydroxylation sites is 1. The first kappa shape index (κ1) is 18.2. The standard InChI is InChI=1S/C18H24FN5O2/c1-22-13-14(18(21-22)26-2)17(25)20-7-8-23-9-11-24(12-10-23)16-6-4-3-5-15(16)19/h3-6,13H,7-12H2,1-2H3,(H,20,25). The Bertz CT molecular complexity index is 756. The molecule has 1 N–H and O–H groups in total. The highest BCUT2D eigenvalue weighted by atomic mass is 19.1. The zero-order valence-electron chi connectivity index (χ0n) is 15.1. The van der Waals surface area contributed by atoms with Crippen molar-refractivity contribution in [3.05, 3.63) is 41.8 Å². The number of methoxy groups -OCH3 is 1. The zero-order chi connectivity index (χ0) is 18.5. The second-order valence-corrected chi connectivity index (χ2v) is 6.26. The van der Waals surface area contributed by atoms with E-state index in [-0.39, 0.29) is 11.7 Å². The van der Waals surface area contributed by atoms with Crippen molar-refractivity contribution < 1.29 is 13.9 Å². The number of aromatic nitrogens is 2. The van der Waals surface area contributed by atoms with Crippen molar-refractivity contribution >= 4 is 11.6 Å². The normalized spacial score (nSPS) is 15.1. The number of carbonyl (C=O) groups excluding carboxylic acids is 1. The molecule has 1 fully saturated rings. The van der Waals surface area contributed by atoms with Crippen LogP contribution in [0.1, 0.15) is 10.4 Å². The van der Waals surface area contributed by atoms with Crippen molar-refractivity contribution in [2.75, 3.05) is 51.3 Å². The van der Waals surface area contributed by atoms with Gasteiger partial charge in [-0.3, -0.25) is 14.4 Å². The molecule has 0 atom stereocenters. The van der Waals surface area contributed by atoms with Gasteiger partial charge >= 0.3 is 0 Å². The van der Waals surface area contributed by atoms with E-state index in [1.807, 2.05) is 12.1 Å². The van der Waals surface area contributed by atoms with Crippen LogP contribution in [0.3, 0.4) is 0 Å². The molecule has 26 heavy (non-hydrogen) atoms. The van der Waals surface area contributed by atoms with Gasteiger partial charge in [0.15, 0.2) is 0 Å². The fourth-order valence-corrected chi connectivity index (χ4v) is 3.12. The van der Waals surface area contributed by atoms with Gasteiger partial charge in [-0.1, -0.05) is 12.1 Å². The molecule has 1 aromatic heterocycles. The third kappa shape index (κ3) is 4.13. The van der Waals surface area contributed by atoms with E-state index in [2.05, 4.69) is 20.2 Å². The molecule has 0 aliphatic carbocycles. The molecule has 1 aromatic carbocycles. The number of anilines is 1. The van der Waals surface area contributed by atoms with Crippen LogP contribution in [-0.2, 0) is 7.05 Å². The van der Waals surface area contributed by atoms with Crippen LogP contribution in [0.25, 0.3) is 0 Å². The molecule has 1 amide bonds. The molecule has 3 rings (SSSR count). The van der Waals surface area contributed by atoms with E-state index in [0.717, 1.165) is 32.7 Å². The van der Waals surface area contributed by atoms with Crippen molar-refractivity contribution in [3.8, 4) is 5.88 Å². The van der Waals surface area contributed by atoms with Crippen LogP contribution in [0.4, 0.5) is 10.1 Å². The number of nitrogens with zero attached hydrogens (tertiary/aromatic N) is 4. The molecule has 0 saturated carbocycles. The molecule has 0 bridgehead atoms. The number of ether oxygens (including phenoxy) is 1. The molecule has 140 valence electrons. The highest BCUT2D eigenvalue weighted by Crippen LogP contribution is 2.20. The molecule has 1 aliphatic rings. The lowest BCUT2D eigenvalue weighted by atomic mass is 10.2. The van der Waals surface area contributed by atoms with E-state index >= 15 is 0 Å². The predicted molar refractivity (Wildman–Crippen MR) is 97.1 cm³/mol. The molecule has 8 heteroatoms. The number of carbonyl (C=O) groups is 1. The number of hydrogen-bond donors (Lipinski definition) is 1. The van der Waals surface area contributed by atoms with Crippen molar-refractivity contribution in [3.63, 3.8) is 0 Å². The highest BCUT2D eigenvalue weighted by Gasteiger charge is 2.20. The van der Waals surface area contributed by atoms with Crippen molar-refractivity contribution in [2.24, 2.45) is 7.05 Å². The molecule has 2 heterocycles. The van der Waals surface area contributed by atoms with Crippen molar-refractivity contribution in [1.29, 1.82) is 0 Å². The second-order valence-electron chi connectivity index (χ2n) is 6.26. The maximum atomic E-state index is 13.9. The number of amides is 1. The lowest BCUT2D eigenvalue weighted by molar-refractivity contribution is 0.0944. The summed E-state index contributed by atoms with van der Waals surface area (Å²) in [7, 11) is 3.24. The maximum Gasteiger partial charge on any atom is 0.258 e. The smallest absolute Gasteiger partial charge is 0.258 e. The summed E-state index contributed by atoms with van der Waals surface area (Å²) in [5, 5.41) is 6.98. The summed E-state index contributed by atoms with van der Waals surface area (Å²) < 4.78 is 20.5. The Kier molecular flexibility index (Phi) is 5.72. The van der Waals surface area contributed by atoms with E-state index < -0.39 is 0 Å². The van der Waals surface area contributed by atoms with Gasteiger partial charge < -0.3 is 15.0 Å². The first-order valence-electron chi connectivity index (χ1n) is 8.66. The third-order valence-electron chi connectivity index (χ3n) is 4.51. The number of nitrogens with one attached hydrogen (secondary N) is 1. The first-order valence-corrected chi connectivity index (χ1v) is 8.66. The number of piperazine rings is 1. The quantitative estimate of drug-likeness (QED) is 0.835. The van der Waals surface area contributed by atoms with Crippen LogP contribution in [-0.4, -0.2) is 67.0 Å². The number of halogens is 1. The molecule has 1 aliphatic heterocycles. The summed E-state index contributed by atoms with van der Waals surface area (Å²) in [6.45, 7) is 4.49. The van der Waals surface area contributed by atoms with E-state index in [0.29, 0.717) is 23.7 Å². The number of benzene rings is 1. The molecule has 2 aromatic rings. The summed E-state index contributed by atoms with van der Waals surface area (Å²) >= 11 is 0. The Labute approximate surface area is 152 Å². The largest absolute Gasteiger partial charge is 0.479 e. The molecular formula is C18H24FN5O2. The average molecular weight is 361 g/mol. The summed E-state index contributed by atoms with van der Waals surface area (Å²) in [5.41, 5.74) is 1.09. The van der Waals surface area contributed by atoms with Gasteiger partial charge in [-0.25, -0.2) is 4.39 Å². The van der Waals surface area contributed by atoms with E-state index in [4.69, 9.17) is 4.74 Å². The van der Waals surface area contributed by atoms with Crippen LogP contribution in [0.2, 0.25) is 0 Å². The molecule has 1 saturated heterocycles. The van der Waals surface area contributed by atoms with Gasteiger partial charge in [0.1, 0.15) is 11.4 Å². The fraction of sp³-hybridized carbons (Fsp3) is 0.444. The first-order chi connectivity index (χ1) is 12.6. The van der Waals surface area contributed by atoms with E-state index in [1.165, 1.54) is 13.2 Å². The minimum atomic E-state index is -0.194. The Hall–Kier alpha value is -2.61. The summed E-state index contributed by atoms with van der Waals surface area (Å²) in [6.07, 6.45) is 1.64. The van der Waals surface area contributed by atoms with Crippen LogP contribution in [0, 0.1) is 5.82 Å². The Morgan fingerprint density at radius 1 is 1.27 bits per heavy atom. The second kappa shape index (κ2) is 8.18. The zero-order valence-corrected chi connectivity index (χ0v) is 15.1. The van der Waals surface area contributed by atoms with Crippen LogP contribution >= 0.6 is 0 Å². The number of aryl methyl sites for hydroxylation is 1. The molecule has 0 radical (unpaired) electrons. The lowest BCUT2D eigenvalue weighted by Gasteiger charge is -2.36. The topological polar surface area (TPSA) is 62.6 Å².